The van der Waals surface area contributed by atoms with Gasteiger partial charge in [-0.3, -0.25) is 0 Å². The number of rotatable bonds is 0. The van der Waals surface area contributed by atoms with Gasteiger partial charge in [-0.15, -0.1) is 4.95 Å². The second-order valence-corrected chi connectivity index (χ2v) is 0.212. The molecule has 4 heavy (non-hydrogen) atoms. The molecular formula is CH2N2O. The summed E-state index contributed by atoms with van der Waals surface area (Å²) in [5, 5.41) is 7.27. The Bertz CT molecular complexity index is 35.8. The van der Waals surface area contributed by atoms with Gasteiger partial charge in [-0.2, -0.15) is 6.57 Å². The van der Waals surface area contributed by atoms with Crippen LogP contribution in [0.25, 0.3) is 4.95 Å². The first-order valence-corrected chi connectivity index (χ1v) is 0.671. The van der Waals surface area contributed by atoms with Crippen LogP contribution in [-0.2, 0) is 0 Å². The predicted molar refractivity (Wildman–Crippen MR) is 11.5 cm³/mol. The molecule has 0 radical (unpaired) electrons. The van der Waals surface area contributed by atoms with Crippen LogP contribution >= 0.6 is 0 Å². The highest BCUT2D eigenvalue weighted by Crippen LogP contribution is 1.29. The molecule has 0 aromatic carbocycles. The van der Waals surface area contributed by atoms with Gasteiger partial charge in [0.05, 0.1) is 0 Å². The van der Waals surface area contributed by atoms with Crippen LogP contribution in [0, 0.1) is 6.57 Å². The van der Waals surface area contributed by atoms with E-state index in [4.69, 9.17) is 11.8 Å². The van der Waals surface area contributed by atoms with E-state index in [1.807, 2.05) is 0 Å². The fraction of sp³-hybridized carbons (Fsp3) is 0. The smallest absolute Gasteiger partial charge is 0.0127 e. The van der Waals surface area contributed by atoms with Crippen molar-refractivity contribution in [2.45, 2.75) is 0 Å². The lowest BCUT2D eigenvalue weighted by atomic mass is 11.8. The Kier molecular flexibility index (Phi) is 1.83. The van der Waals surface area contributed by atoms with Gasteiger partial charge in [0.25, 0.3) is 0 Å². The minimum absolute atomic E-state index is 1.22. The molecule has 0 spiro atoms. The summed E-state index contributed by atoms with van der Waals surface area (Å²) in [5.41, 5.74) is 1.22. The van der Waals surface area contributed by atoms with E-state index >= 15 is 0 Å². The van der Waals surface area contributed by atoms with Gasteiger partial charge in [-0.25, -0.2) is 5.21 Å². The van der Waals surface area contributed by atoms with Gasteiger partial charge in [-0.1, -0.05) is 0 Å². The van der Waals surface area contributed by atoms with E-state index in [-0.39, 0.29) is 0 Å². The van der Waals surface area contributed by atoms with Crippen molar-refractivity contribution < 1.29 is 5.21 Å². The summed E-state index contributed by atoms with van der Waals surface area (Å²) in [7, 11) is 0. The van der Waals surface area contributed by atoms with Gasteiger partial charge in [0, 0.05) is 5.59 Å². The van der Waals surface area contributed by atoms with Crippen molar-refractivity contribution in [3.8, 4) is 0 Å². The first kappa shape index (κ1) is 3.25. The second-order valence-electron chi connectivity index (χ2n) is 0.212. The van der Waals surface area contributed by atoms with Crippen LogP contribution in [-0.4, -0.2) is 5.21 Å². The van der Waals surface area contributed by atoms with Crippen molar-refractivity contribution in [1.29, 1.82) is 0 Å². The molecule has 0 aliphatic carbocycles. The van der Waals surface area contributed by atoms with Crippen LogP contribution in [0.4, 0.5) is 0 Å². The molecule has 0 fully saturated rings. The summed E-state index contributed by atoms with van der Waals surface area (Å²) in [6.45, 7) is 5.72. The molecule has 0 heterocycles. The lowest BCUT2D eigenvalue weighted by molar-refractivity contribution is 0.212. The fourth-order valence-electron chi connectivity index (χ4n) is 0. The van der Waals surface area contributed by atoms with Crippen molar-refractivity contribution in [3.05, 3.63) is 11.5 Å². The maximum atomic E-state index is 7.27. The molecule has 0 aliphatic rings. The molecule has 0 rings (SSSR count). The summed E-state index contributed by atoms with van der Waals surface area (Å²) in [6.07, 6.45) is 0. The zero-order chi connectivity index (χ0) is 3.41. The molecule has 0 saturated heterocycles. The minimum atomic E-state index is 1.22. The first-order chi connectivity index (χ1) is 1.91. The Labute approximate surface area is 23.6 Å². The summed E-state index contributed by atoms with van der Waals surface area (Å²) >= 11 is 0. The topological polar surface area (TPSA) is 36.6 Å². The van der Waals surface area contributed by atoms with Gasteiger partial charge in [0.2, 0.25) is 0 Å². The molecule has 0 unspecified atom stereocenters. The minimum Gasteiger partial charge on any atom is -0.233 e. The highest BCUT2D eigenvalue weighted by atomic mass is 16.5. The van der Waals surface area contributed by atoms with Crippen LogP contribution in [0.2, 0.25) is 0 Å². The summed E-state index contributed by atoms with van der Waals surface area (Å²) in [4.78, 5) is 2.29. The lowest BCUT2D eigenvalue weighted by Crippen LogP contribution is -1.85. The van der Waals surface area contributed by atoms with E-state index in [2.05, 4.69) is 4.95 Å². The van der Waals surface area contributed by atoms with Crippen molar-refractivity contribution in [2.75, 3.05) is 0 Å². The van der Waals surface area contributed by atoms with E-state index < -0.39 is 0 Å². The van der Waals surface area contributed by atoms with E-state index in [0.29, 0.717) is 0 Å². The average molecular weight is 58.0 g/mol. The largest absolute Gasteiger partial charge is 0.233 e. The zero-order valence-corrected chi connectivity index (χ0v) is 1.89. The number of nitrogens with zero attached hydrogens (tertiary/aromatic N) is 1. The molecule has 0 atom stereocenters. The molecule has 3 heteroatoms. The monoisotopic (exact) mass is 58.0 g/mol. The molecular weight excluding hydrogens is 56.0 g/mol. The molecule has 0 aliphatic heterocycles. The Morgan fingerprint density at radius 3 is 2.25 bits per heavy atom. The second kappa shape index (κ2) is 2.25. The third-order valence-electron chi connectivity index (χ3n) is 0.0500. The van der Waals surface area contributed by atoms with Gasteiger partial charge in [-0.05, 0) is 0 Å². The quantitative estimate of drug-likeness (QED) is 0.299. The Balaban J connectivity index is 2.43. The Morgan fingerprint density at radius 2 is 2.25 bits per heavy atom. The first-order valence-electron chi connectivity index (χ1n) is 0.671. The van der Waals surface area contributed by atoms with Crippen molar-refractivity contribution in [1.82, 2.24) is 5.59 Å². The van der Waals surface area contributed by atoms with Crippen molar-refractivity contribution in [3.63, 3.8) is 0 Å². The van der Waals surface area contributed by atoms with E-state index in [0.717, 1.165) is 0 Å². The van der Waals surface area contributed by atoms with Crippen LogP contribution in [0.5, 0.6) is 0 Å². The van der Waals surface area contributed by atoms with Crippen LogP contribution < -0.4 is 5.59 Å². The highest BCUT2D eigenvalue weighted by Gasteiger charge is 1.39. The molecule has 3 nitrogen and oxygen atoms in total. The predicted octanol–water partition coefficient (Wildman–Crippen LogP) is -0.201. The zero-order valence-electron chi connectivity index (χ0n) is 1.89. The fourth-order valence-corrected chi connectivity index (χ4v) is 0. The molecule has 0 aromatic rings. The van der Waals surface area contributed by atoms with E-state index in [1.165, 1.54) is 5.59 Å². The SMILES string of the molecule is [C-]#[N+]NO. The normalized spacial score (nSPS) is 4.00. The lowest BCUT2D eigenvalue weighted by Gasteiger charge is -1.57. The van der Waals surface area contributed by atoms with Gasteiger partial charge in [0.1, 0.15) is 0 Å². The molecule has 2 N–H and O–H groups in total. The van der Waals surface area contributed by atoms with E-state index in [1.54, 1.807) is 0 Å². The standard InChI is InChI=1S/CH2N2O/c1-2-3-4/h3-4H. The summed E-state index contributed by atoms with van der Waals surface area (Å²) < 4.78 is 0. The Hall–Kier alpha value is -0.750. The maximum absolute atomic E-state index is 7.27. The molecule has 0 aromatic heterocycles. The van der Waals surface area contributed by atoms with Crippen molar-refractivity contribution >= 4 is 0 Å². The summed E-state index contributed by atoms with van der Waals surface area (Å²) in [5.74, 6) is 0. The highest BCUT2D eigenvalue weighted by molar-refractivity contribution is 4.25. The number of hydrogen-bond donors (Lipinski definition) is 2. The van der Waals surface area contributed by atoms with E-state index in [9.17, 15) is 0 Å². The molecule has 0 amide bonds. The maximum Gasteiger partial charge on any atom is 0.0127 e. The average Bonchev–Trinajstić information content (AvgIpc) is 1.37. The summed E-state index contributed by atoms with van der Waals surface area (Å²) in [6, 6.07) is 0. The van der Waals surface area contributed by atoms with Gasteiger partial charge >= 0.3 is 0 Å². The molecule has 0 saturated carbocycles. The molecule has 22 valence electrons. The third-order valence-corrected chi connectivity index (χ3v) is 0.0500. The van der Waals surface area contributed by atoms with Crippen LogP contribution in [0.3, 0.4) is 0 Å². The van der Waals surface area contributed by atoms with Gasteiger partial charge in [0.15, 0.2) is 0 Å². The van der Waals surface area contributed by atoms with Crippen LogP contribution in [0.15, 0.2) is 0 Å². The molecule has 0 bridgehead atoms. The Morgan fingerprint density at radius 1 is 2.00 bits per heavy atom. The van der Waals surface area contributed by atoms with Crippen molar-refractivity contribution in [2.24, 2.45) is 0 Å². The third kappa shape index (κ3) is 1.25. The number of hydrogen-bond acceptors (Lipinski definition) is 2. The van der Waals surface area contributed by atoms with Crippen LogP contribution in [0.1, 0.15) is 0 Å². The number of nitrogens with one attached hydrogen (secondary N) is 1. The van der Waals surface area contributed by atoms with Gasteiger partial charge < -0.3 is 0 Å².